The van der Waals surface area contributed by atoms with Gasteiger partial charge in [-0.1, -0.05) is 26.0 Å². The Kier molecular flexibility index (Phi) is 3.66. The molecule has 2 rings (SSSR count). The molecule has 0 N–H and O–H groups in total. The first kappa shape index (κ1) is 13.4. The van der Waals surface area contributed by atoms with Gasteiger partial charge in [0.05, 0.1) is 17.8 Å². The number of hydrogen-bond acceptors (Lipinski definition) is 1. The molecule has 3 atom stereocenters. The first-order valence-corrected chi connectivity index (χ1v) is 6.24. The molecule has 100 valence electrons. The van der Waals surface area contributed by atoms with E-state index in [0.717, 1.165) is 30.5 Å². The van der Waals surface area contributed by atoms with Crippen LogP contribution in [0.5, 0.6) is 0 Å². The van der Waals surface area contributed by atoms with Gasteiger partial charge in [0.25, 0.3) is 0 Å². The molecule has 0 amide bonds. The van der Waals surface area contributed by atoms with Gasteiger partial charge in [-0.25, -0.2) is 0 Å². The quantitative estimate of drug-likeness (QED) is 0.754. The zero-order valence-corrected chi connectivity index (χ0v) is 10.5. The SMILES string of the molecule is CC[C@@H]1C[C@@H](C)C(c2ccc(C(F)(F)F)cc2)O1. The molecular weight excluding hydrogens is 241 g/mol. The summed E-state index contributed by atoms with van der Waals surface area (Å²) in [6, 6.07) is 5.32. The van der Waals surface area contributed by atoms with Gasteiger partial charge >= 0.3 is 6.18 Å². The third-order valence-corrected chi connectivity index (χ3v) is 3.51. The minimum absolute atomic E-state index is 0.0720. The maximum atomic E-state index is 12.5. The van der Waals surface area contributed by atoms with Gasteiger partial charge in [-0.15, -0.1) is 0 Å². The largest absolute Gasteiger partial charge is 0.416 e. The van der Waals surface area contributed by atoms with E-state index < -0.39 is 11.7 Å². The topological polar surface area (TPSA) is 9.23 Å². The average Bonchev–Trinajstić information content (AvgIpc) is 2.70. The van der Waals surface area contributed by atoms with Crippen LogP contribution in [0.15, 0.2) is 24.3 Å². The van der Waals surface area contributed by atoms with Gasteiger partial charge in [0.1, 0.15) is 0 Å². The molecule has 1 aliphatic heterocycles. The van der Waals surface area contributed by atoms with Crippen LogP contribution in [-0.4, -0.2) is 6.10 Å². The Morgan fingerprint density at radius 2 is 1.83 bits per heavy atom. The number of benzene rings is 1. The Labute approximate surface area is 105 Å². The molecule has 1 saturated heterocycles. The van der Waals surface area contributed by atoms with Gasteiger partial charge in [0, 0.05) is 0 Å². The molecule has 0 bridgehead atoms. The van der Waals surface area contributed by atoms with Crippen LogP contribution >= 0.6 is 0 Å². The summed E-state index contributed by atoms with van der Waals surface area (Å²) in [5.41, 5.74) is 0.232. The van der Waals surface area contributed by atoms with Crippen molar-refractivity contribution >= 4 is 0 Å². The first-order chi connectivity index (χ1) is 8.41. The predicted molar refractivity (Wildman–Crippen MR) is 63.1 cm³/mol. The van der Waals surface area contributed by atoms with E-state index >= 15 is 0 Å². The first-order valence-electron chi connectivity index (χ1n) is 6.24. The zero-order valence-electron chi connectivity index (χ0n) is 10.5. The van der Waals surface area contributed by atoms with Gasteiger partial charge in [0.2, 0.25) is 0 Å². The average molecular weight is 258 g/mol. The van der Waals surface area contributed by atoms with Crippen LogP contribution in [0.3, 0.4) is 0 Å². The van der Waals surface area contributed by atoms with Crippen molar-refractivity contribution in [1.29, 1.82) is 0 Å². The minimum Gasteiger partial charge on any atom is -0.370 e. The fraction of sp³-hybridized carbons (Fsp3) is 0.571. The summed E-state index contributed by atoms with van der Waals surface area (Å²) in [6.45, 7) is 4.14. The van der Waals surface area contributed by atoms with E-state index in [1.807, 2.05) is 0 Å². The van der Waals surface area contributed by atoms with Crippen LogP contribution in [-0.2, 0) is 10.9 Å². The standard InChI is InChI=1S/C14H17F3O/c1-3-12-8-9(2)13(18-12)10-4-6-11(7-5-10)14(15,16)17/h4-7,9,12-13H,3,8H2,1-2H3/t9-,12-,13?/m1/s1. The molecule has 1 heterocycles. The van der Waals surface area contributed by atoms with Crippen LogP contribution in [0, 0.1) is 5.92 Å². The van der Waals surface area contributed by atoms with Crippen molar-refractivity contribution in [2.24, 2.45) is 5.92 Å². The van der Waals surface area contributed by atoms with E-state index in [1.54, 1.807) is 0 Å². The van der Waals surface area contributed by atoms with E-state index in [1.165, 1.54) is 12.1 Å². The van der Waals surface area contributed by atoms with E-state index in [4.69, 9.17) is 4.74 Å². The van der Waals surface area contributed by atoms with Crippen molar-refractivity contribution in [3.63, 3.8) is 0 Å². The second-order valence-electron chi connectivity index (χ2n) is 4.92. The van der Waals surface area contributed by atoms with Gasteiger partial charge in [-0.05, 0) is 36.5 Å². The van der Waals surface area contributed by atoms with Crippen LogP contribution < -0.4 is 0 Å². The molecule has 0 aromatic heterocycles. The summed E-state index contributed by atoms with van der Waals surface area (Å²) in [7, 11) is 0. The Morgan fingerprint density at radius 3 is 2.28 bits per heavy atom. The molecule has 0 spiro atoms. The molecular formula is C14H17F3O. The Bertz CT molecular complexity index is 396. The van der Waals surface area contributed by atoms with E-state index in [2.05, 4.69) is 13.8 Å². The Morgan fingerprint density at radius 1 is 1.22 bits per heavy atom. The molecule has 0 saturated carbocycles. The highest BCUT2D eigenvalue weighted by molar-refractivity contribution is 5.27. The van der Waals surface area contributed by atoms with E-state index in [9.17, 15) is 13.2 Å². The van der Waals surface area contributed by atoms with Crippen LogP contribution in [0.25, 0.3) is 0 Å². The van der Waals surface area contributed by atoms with Gasteiger partial charge in [-0.2, -0.15) is 13.2 Å². The lowest BCUT2D eigenvalue weighted by Gasteiger charge is -2.16. The monoisotopic (exact) mass is 258 g/mol. The highest BCUT2D eigenvalue weighted by Crippen LogP contribution is 2.39. The predicted octanol–water partition coefficient (Wildman–Crippen LogP) is 4.58. The Balaban J connectivity index is 2.15. The normalized spacial score (nSPS) is 28.6. The summed E-state index contributed by atoms with van der Waals surface area (Å²) in [6.07, 6.45) is -2.19. The second-order valence-corrected chi connectivity index (χ2v) is 4.92. The maximum Gasteiger partial charge on any atom is 0.416 e. The van der Waals surface area contributed by atoms with Crippen molar-refractivity contribution < 1.29 is 17.9 Å². The minimum atomic E-state index is -4.27. The van der Waals surface area contributed by atoms with E-state index in [0.29, 0.717) is 5.92 Å². The van der Waals surface area contributed by atoms with Gasteiger partial charge in [-0.3, -0.25) is 0 Å². The number of hydrogen-bond donors (Lipinski definition) is 0. The lowest BCUT2D eigenvalue weighted by Crippen LogP contribution is -2.08. The molecule has 1 unspecified atom stereocenters. The second kappa shape index (κ2) is 4.92. The number of rotatable bonds is 2. The zero-order chi connectivity index (χ0) is 13.3. The summed E-state index contributed by atoms with van der Waals surface area (Å²) < 4.78 is 43.2. The van der Waals surface area contributed by atoms with Crippen LogP contribution in [0.1, 0.15) is 43.9 Å². The fourth-order valence-corrected chi connectivity index (χ4v) is 2.47. The van der Waals surface area contributed by atoms with Crippen LogP contribution in [0.2, 0.25) is 0 Å². The molecule has 18 heavy (non-hydrogen) atoms. The number of alkyl halides is 3. The van der Waals surface area contributed by atoms with Gasteiger partial charge in [0.15, 0.2) is 0 Å². The van der Waals surface area contributed by atoms with Crippen molar-refractivity contribution in [2.75, 3.05) is 0 Å². The fourth-order valence-electron chi connectivity index (χ4n) is 2.47. The summed E-state index contributed by atoms with van der Waals surface area (Å²) in [5.74, 6) is 0.353. The molecule has 0 radical (unpaired) electrons. The lowest BCUT2D eigenvalue weighted by molar-refractivity contribution is -0.137. The molecule has 1 aromatic rings. The number of ether oxygens (including phenoxy) is 1. The summed E-state index contributed by atoms with van der Waals surface area (Å²) >= 11 is 0. The van der Waals surface area contributed by atoms with E-state index in [-0.39, 0.29) is 12.2 Å². The third-order valence-electron chi connectivity index (χ3n) is 3.51. The van der Waals surface area contributed by atoms with Crippen LogP contribution in [0.4, 0.5) is 13.2 Å². The Hall–Kier alpha value is -1.03. The highest BCUT2D eigenvalue weighted by Gasteiger charge is 2.34. The summed E-state index contributed by atoms with van der Waals surface area (Å²) in [4.78, 5) is 0. The van der Waals surface area contributed by atoms with Crippen molar-refractivity contribution in [1.82, 2.24) is 0 Å². The molecule has 1 fully saturated rings. The number of halogens is 3. The summed E-state index contributed by atoms with van der Waals surface area (Å²) in [5, 5.41) is 0. The lowest BCUT2D eigenvalue weighted by atomic mass is 9.95. The molecule has 1 aromatic carbocycles. The maximum absolute atomic E-state index is 12.5. The smallest absolute Gasteiger partial charge is 0.370 e. The molecule has 4 heteroatoms. The molecule has 1 nitrogen and oxygen atoms in total. The molecule has 1 aliphatic rings. The van der Waals surface area contributed by atoms with Crippen molar-refractivity contribution in [3.8, 4) is 0 Å². The highest BCUT2D eigenvalue weighted by atomic mass is 19.4. The third kappa shape index (κ3) is 2.69. The van der Waals surface area contributed by atoms with Crippen molar-refractivity contribution in [3.05, 3.63) is 35.4 Å². The van der Waals surface area contributed by atoms with Gasteiger partial charge < -0.3 is 4.74 Å². The van der Waals surface area contributed by atoms with Crippen molar-refractivity contribution in [2.45, 2.75) is 45.1 Å². The molecule has 0 aliphatic carbocycles.